The van der Waals surface area contributed by atoms with E-state index in [0.717, 1.165) is 33.8 Å². The predicted molar refractivity (Wildman–Crippen MR) is 106 cm³/mol. The number of fused-ring (bicyclic) bond motifs is 2. The average Bonchev–Trinajstić information content (AvgIpc) is 2.61. The molecule has 0 unspecified atom stereocenters. The highest BCUT2D eigenvalue weighted by Crippen LogP contribution is 2.49. The van der Waals surface area contributed by atoms with Gasteiger partial charge in [0.15, 0.2) is 0 Å². The molecule has 0 aliphatic carbocycles. The van der Waals surface area contributed by atoms with Gasteiger partial charge in [-0.2, -0.15) is 0 Å². The maximum Gasteiger partial charge on any atom is 0.132 e. The summed E-state index contributed by atoms with van der Waals surface area (Å²) in [5.74, 6) is 3.04. The molecular formula is C23H26O3. The zero-order valence-electron chi connectivity index (χ0n) is 16.0. The van der Waals surface area contributed by atoms with Gasteiger partial charge in [0, 0.05) is 27.7 Å². The summed E-state index contributed by atoms with van der Waals surface area (Å²) < 4.78 is 17.3. The van der Waals surface area contributed by atoms with Crippen molar-refractivity contribution in [2.24, 2.45) is 0 Å². The van der Waals surface area contributed by atoms with E-state index >= 15 is 0 Å². The molecule has 3 heteroatoms. The molecule has 2 aromatic carbocycles. The van der Waals surface area contributed by atoms with Gasteiger partial charge in [0.25, 0.3) is 0 Å². The maximum absolute atomic E-state index is 6.21. The molecule has 3 nitrogen and oxygen atoms in total. The Balaban J connectivity index is 2.02. The Morgan fingerprint density at radius 1 is 0.846 bits per heavy atom. The summed E-state index contributed by atoms with van der Waals surface area (Å²) in [5, 5.41) is 0. The van der Waals surface area contributed by atoms with E-state index in [2.05, 4.69) is 39.1 Å². The molecule has 3 rings (SSSR count). The van der Waals surface area contributed by atoms with Crippen LogP contribution in [-0.2, 0) is 14.9 Å². The van der Waals surface area contributed by atoms with Gasteiger partial charge in [0.2, 0.25) is 0 Å². The van der Waals surface area contributed by atoms with Crippen LogP contribution in [0.5, 0.6) is 11.5 Å². The first-order valence-electron chi connectivity index (χ1n) is 8.99. The van der Waals surface area contributed by atoms with Gasteiger partial charge < -0.3 is 14.2 Å². The fourth-order valence-corrected chi connectivity index (χ4v) is 3.36. The Morgan fingerprint density at radius 3 is 2.04 bits per heavy atom. The van der Waals surface area contributed by atoms with Crippen molar-refractivity contribution in [3.63, 3.8) is 0 Å². The van der Waals surface area contributed by atoms with Gasteiger partial charge in [0.1, 0.15) is 23.0 Å². The third-order valence-electron chi connectivity index (χ3n) is 4.81. The van der Waals surface area contributed by atoms with Gasteiger partial charge in [-0.05, 0) is 38.1 Å². The first-order valence-corrected chi connectivity index (χ1v) is 8.99. The summed E-state index contributed by atoms with van der Waals surface area (Å²) in [4.78, 5) is 0. The van der Waals surface area contributed by atoms with E-state index in [1.165, 1.54) is 0 Å². The van der Waals surface area contributed by atoms with Gasteiger partial charge in [-0.25, -0.2) is 0 Å². The van der Waals surface area contributed by atoms with Crippen molar-refractivity contribution in [2.75, 3.05) is 13.2 Å². The van der Waals surface area contributed by atoms with Crippen LogP contribution in [-0.4, -0.2) is 13.2 Å². The molecule has 0 N–H and O–H groups in total. The predicted octanol–water partition coefficient (Wildman–Crippen LogP) is 6.13. The van der Waals surface area contributed by atoms with E-state index in [9.17, 15) is 0 Å². The fourth-order valence-electron chi connectivity index (χ4n) is 3.36. The molecule has 1 heterocycles. The third kappa shape index (κ3) is 3.10. The van der Waals surface area contributed by atoms with Crippen LogP contribution >= 0.6 is 0 Å². The number of benzene rings is 2. The van der Waals surface area contributed by atoms with Crippen molar-refractivity contribution in [2.45, 2.75) is 33.1 Å². The lowest BCUT2D eigenvalue weighted by atomic mass is 9.75. The quantitative estimate of drug-likeness (QED) is 0.586. The van der Waals surface area contributed by atoms with Gasteiger partial charge >= 0.3 is 0 Å². The van der Waals surface area contributed by atoms with Crippen LogP contribution in [0.25, 0.3) is 11.5 Å². The summed E-state index contributed by atoms with van der Waals surface area (Å²) >= 11 is 0. The monoisotopic (exact) mass is 350 g/mol. The molecule has 0 radical (unpaired) electrons. The molecule has 1 aliphatic rings. The molecule has 26 heavy (non-hydrogen) atoms. The van der Waals surface area contributed by atoms with Crippen molar-refractivity contribution >= 4 is 11.5 Å². The summed E-state index contributed by atoms with van der Waals surface area (Å²) in [6.45, 7) is 17.5. The first kappa shape index (κ1) is 18.1. The van der Waals surface area contributed by atoms with Gasteiger partial charge in [-0.1, -0.05) is 39.1 Å². The van der Waals surface area contributed by atoms with E-state index in [4.69, 9.17) is 14.2 Å². The van der Waals surface area contributed by atoms with Crippen LogP contribution in [0.4, 0.5) is 0 Å². The van der Waals surface area contributed by atoms with E-state index in [1.54, 1.807) is 0 Å². The highest BCUT2D eigenvalue weighted by Gasteiger charge is 2.34. The first-order chi connectivity index (χ1) is 12.4. The van der Waals surface area contributed by atoms with Gasteiger partial charge in [0.05, 0.1) is 13.2 Å². The van der Waals surface area contributed by atoms with Gasteiger partial charge in [-0.3, -0.25) is 0 Å². The minimum absolute atomic E-state index is 0.198. The van der Waals surface area contributed by atoms with E-state index in [1.807, 2.05) is 38.1 Å². The number of ether oxygens (including phenoxy) is 3. The Morgan fingerprint density at radius 2 is 1.42 bits per heavy atom. The largest absolute Gasteiger partial charge is 0.494 e. The van der Waals surface area contributed by atoms with Crippen LogP contribution in [0.3, 0.4) is 0 Å². The van der Waals surface area contributed by atoms with Gasteiger partial charge in [-0.15, -0.1) is 0 Å². The molecular weight excluding hydrogens is 324 g/mol. The SMILES string of the molecule is C=C(OCC)c1ccc2c(c1)Oc1ccc(C(=C)OCC)cc1C2(C)C. The summed E-state index contributed by atoms with van der Waals surface area (Å²) in [5.41, 5.74) is 3.98. The van der Waals surface area contributed by atoms with Crippen LogP contribution in [0.15, 0.2) is 49.6 Å². The normalized spacial score (nSPS) is 13.8. The topological polar surface area (TPSA) is 27.7 Å². The van der Waals surface area contributed by atoms with E-state index in [0.29, 0.717) is 24.7 Å². The zero-order valence-corrected chi connectivity index (χ0v) is 16.0. The number of rotatable bonds is 6. The zero-order chi connectivity index (χ0) is 18.9. The molecule has 0 spiro atoms. The second-order valence-electron chi connectivity index (χ2n) is 6.86. The lowest BCUT2D eigenvalue weighted by Crippen LogP contribution is -2.24. The molecule has 0 bridgehead atoms. The second kappa shape index (κ2) is 6.91. The Hall–Kier alpha value is -2.68. The second-order valence-corrected chi connectivity index (χ2v) is 6.86. The Bertz CT molecular complexity index is 862. The summed E-state index contributed by atoms with van der Waals surface area (Å²) in [7, 11) is 0. The van der Waals surface area contributed by atoms with Crippen LogP contribution < -0.4 is 4.74 Å². The van der Waals surface area contributed by atoms with Crippen molar-refractivity contribution in [3.8, 4) is 11.5 Å². The molecule has 1 aliphatic heterocycles. The molecule has 0 amide bonds. The van der Waals surface area contributed by atoms with Crippen molar-refractivity contribution in [3.05, 3.63) is 71.8 Å². The smallest absolute Gasteiger partial charge is 0.132 e. The van der Waals surface area contributed by atoms with Crippen molar-refractivity contribution < 1.29 is 14.2 Å². The highest BCUT2D eigenvalue weighted by molar-refractivity contribution is 5.67. The molecule has 0 saturated heterocycles. The minimum atomic E-state index is -0.198. The standard InChI is InChI=1S/C23H26O3/c1-7-24-15(3)17-10-12-21-20(13-17)23(5,6)19-11-9-18(14-22(19)26-21)16(4)25-8-2/h9-14H,3-4,7-8H2,1-2,5-6H3. The average molecular weight is 350 g/mol. The van der Waals surface area contributed by atoms with E-state index < -0.39 is 0 Å². The molecule has 0 aromatic heterocycles. The molecule has 2 aromatic rings. The summed E-state index contributed by atoms with van der Waals surface area (Å²) in [6, 6.07) is 12.2. The lowest BCUT2D eigenvalue weighted by Gasteiger charge is -2.35. The van der Waals surface area contributed by atoms with Crippen LogP contribution in [0, 0.1) is 0 Å². The van der Waals surface area contributed by atoms with Crippen molar-refractivity contribution in [1.29, 1.82) is 0 Å². The fraction of sp³-hybridized carbons (Fsp3) is 0.304. The third-order valence-corrected chi connectivity index (χ3v) is 4.81. The van der Waals surface area contributed by atoms with E-state index in [-0.39, 0.29) is 5.41 Å². The molecule has 0 saturated carbocycles. The Kier molecular flexibility index (Phi) is 4.82. The molecule has 0 fully saturated rings. The lowest BCUT2D eigenvalue weighted by molar-refractivity contribution is 0.298. The molecule has 136 valence electrons. The Labute approximate surface area is 155 Å². The summed E-state index contributed by atoms with van der Waals surface area (Å²) in [6.07, 6.45) is 0. The van der Waals surface area contributed by atoms with Crippen molar-refractivity contribution in [1.82, 2.24) is 0 Å². The number of hydrogen-bond donors (Lipinski definition) is 0. The maximum atomic E-state index is 6.21. The van der Waals surface area contributed by atoms with Crippen LogP contribution in [0.1, 0.15) is 49.9 Å². The van der Waals surface area contributed by atoms with Crippen LogP contribution in [0.2, 0.25) is 0 Å². The minimum Gasteiger partial charge on any atom is -0.494 e. The molecule has 0 atom stereocenters. The number of hydrogen-bond acceptors (Lipinski definition) is 3. The highest BCUT2D eigenvalue weighted by atomic mass is 16.5.